The van der Waals surface area contributed by atoms with Crippen molar-refractivity contribution in [2.75, 3.05) is 0 Å². The second kappa shape index (κ2) is 4.70. The monoisotopic (exact) mass is 242 g/mol. The number of hydrogen-bond acceptors (Lipinski definition) is 3. The molecule has 0 aromatic rings. The fourth-order valence-corrected chi connectivity index (χ4v) is 4.79. The van der Waals surface area contributed by atoms with Crippen LogP contribution < -0.4 is 0 Å². The average Bonchev–Trinajstić information content (AvgIpc) is 2.30. The molecule has 4 heteroatoms. The molecule has 90 valence electrons. The van der Waals surface area contributed by atoms with Crippen LogP contribution in [0.5, 0.6) is 0 Å². The predicted molar refractivity (Wildman–Crippen MR) is 63.0 cm³/mol. The Bertz CT molecular complexity index is 394. The highest BCUT2D eigenvalue weighted by Crippen LogP contribution is 2.28. The SMILES string of the molecule is O=C1CCCCC1S(=O)(=O)C1C=CCCC1. The highest BCUT2D eigenvalue weighted by molar-refractivity contribution is 7.93. The molecule has 1 saturated carbocycles. The Morgan fingerprint density at radius 1 is 1.12 bits per heavy atom. The van der Waals surface area contributed by atoms with Crippen molar-refractivity contribution in [3.8, 4) is 0 Å². The van der Waals surface area contributed by atoms with E-state index in [1.165, 1.54) is 0 Å². The molecule has 3 nitrogen and oxygen atoms in total. The first kappa shape index (κ1) is 11.8. The van der Waals surface area contributed by atoms with Crippen LogP contribution in [0.25, 0.3) is 0 Å². The molecule has 0 radical (unpaired) electrons. The quantitative estimate of drug-likeness (QED) is 0.696. The van der Waals surface area contributed by atoms with Crippen molar-refractivity contribution in [1.29, 1.82) is 0 Å². The summed E-state index contributed by atoms with van der Waals surface area (Å²) < 4.78 is 24.6. The standard InChI is InChI=1S/C12H18O3S/c13-11-8-4-5-9-12(11)16(14,15)10-6-2-1-3-7-10/h2,6,10,12H,1,3-5,7-9H2. The molecule has 0 heterocycles. The van der Waals surface area contributed by atoms with E-state index in [0.717, 1.165) is 25.7 Å². The molecule has 1 fully saturated rings. The first-order chi connectivity index (χ1) is 7.62. The first-order valence-electron chi connectivity index (χ1n) is 6.04. The van der Waals surface area contributed by atoms with Gasteiger partial charge in [0.2, 0.25) is 0 Å². The molecule has 2 unspecified atom stereocenters. The molecule has 2 atom stereocenters. The lowest BCUT2D eigenvalue weighted by Gasteiger charge is -2.25. The third-order valence-corrected chi connectivity index (χ3v) is 6.06. The van der Waals surface area contributed by atoms with E-state index in [0.29, 0.717) is 19.3 Å². The van der Waals surface area contributed by atoms with Crippen molar-refractivity contribution in [2.45, 2.75) is 55.4 Å². The Hall–Kier alpha value is -0.640. The van der Waals surface area contributed by atoms with Crippen molar-refractivity contribution in [1.82, 2.24) is 0 Å². The fourth-order valence-electron chi connectivity index (χ4n) is 2.56. The zero-order valence-corrected chi connectivity index (χ0v) is 10.2. The molecule has 0 aromatic heterocycles. The maximum absolute atomic E-state index is 12.3. The molecular formula is C12H18O3S. The van der Waals surface area contributed by atoms with Crippen LogP contribution in [0.15, 0.2) is 12.2 Å². The zero-order valence-electron chi connectivity index (χ0n) is 9.39. The van der Waals surface area contributed by atoms with Gasteiger partial charge in [0.05, 0.1) is 5.25 Å². The maximum atomic E-state index is 12.3. The predicted octanol–water partition coefficient (Wildman–Crippen LogP) is 2.02. The summed E-state index contributed by atoms with van der Waals surface area (Å²) in [5.74, 6) is -0.0646. The van der Waals surface area contributed by atoms with E-state index in [-0.39, 0.29) is 5.78 Å². The molecular weight excluding hydrogens is 224 g/mol. The molecule has 0 N–H and O–H groups in total. The number of hydrogen-bond donors (Lipinski definition) is 0. The normalized spacial score (nSPS) is 31.6. The van der Waals surface area contributed by atoms with Crippen molar-refractivity contribution in [3.63, 3.8) is 0 Å². The van der Waals surface area contributed by atoms with E-state index in [4.69, 9.17) is 0 Å². The van der Waals surface area contributed by atoms with Gasteiger partial charge in [-0.15, -0.1) is 0 Å². The lowest BCUT2D eigenvalue weighted by atomic mass is 9.99. The van der Waals surface area contributed by atoms with Gasteiger partial charge in [-0.25, -0.2) is 8.42 Å². The van der Waals surface area contributed by atoms with E-state index in [9.17, 15) is 13.2 Å². The summed E-state index contributed by atoms with van der Waals surface area (Å²) in [7, 11) is -3.27. The van der Waals surface area contributed by atoms with Gasteiger partial charge in [-0.2, -0.15) is 0 Å². The smallest absolute Gasteiger partial charge is 0.166 e. The van der Waals surface area contributed by atoms with Crippen LogP contribution in [0.4, 0.5) is 0 Å². The van der Waals surface area contributed by atoms with Gasteiger partial charge in [-0.05, 0) is 32.1 Å². The van der Waals surface area contributed by atoms with E-state index in [1.54, 1.807) is 6.08 Å². The molecule has 0 saturated heterocycles. The highest BCUT2D eigenvalue weighted by atomic mass is 32.2. The Morgan fingerprint density at radius 2 is 1.94 bits per heavy atom. The van der Waals surface area contributed by atoms with Crippen molar-refractivity contribution >= 4 is 15.6 Å². The molecule has 0 aliphatic heterocycles. The lowest BCUT2D eigenvalue weighted by Crippen LogP contribution is -2.39. The van der Waals surface area contributed by atoms with Gasteiger partial charge in [0, 0.05) is 6.42 Å². The molecule has 16 heavy (non-hydrogen) atoms. The van der Waals surface area contributed by atoms with E-state index >= 15 is 0 Å². The molecule has 2 rings (SSSR count). The highest BCUT2D eigenvalue weighted by Gasteiger charge is 2.38. The number of Topliss-reactive ketones (excluding diaryl/α,β-unsaturated/α-hetero) is 1. The van der Waals surface area contributed by atoms with Crippen LogP contribution in [0.1, 0.15) is 44.9 Å². The van der Waals surface area contributed by atoms with Gasteiger partial charge < -0.3 is 0 Å². The van der Waals surface area contributed by atoms with Crippen LogP contribution in [-0.2, 0) is 14.6 Å². The summed E-state index contributed by atoms with van der Waals surface area (Å²) in [5.41, 5.74) is 0. The van der Waals surface area contributed by atoms with Crippen LogP contribution in [0.2, 0.25) is 0 Å². The average molecular weight is 242 g/mol. The van der Waals surface area contributed by atoms with Crippen LogP contribution in [0.3, 0.4) is 0 Å². The second-order valence-electron chi connectivity index (χ2n) is 4.69. The maximum Gasteiger partial charge on any atom is 0.166 e. The van der Waals surface area contributed by atoms with Crippen LogP contribution in [-0.4, -0.2) is 24.7 Å². The van der Waals surface area contributed by atoms with E-state index < -0.39 is 20.3 Å². The third-order valence-electron chi connectivity index (χ3n) is 3.53. The van der Waals surface area contributed by atoms with Crippen LogP contribution >= 0.6 is 0 Å². The van der Waals surface area contributed by atoms with Crippen LogP contribution in [0, 0.1) is 0 Å². The molecule has 0 spiro atoms. The fraction of sp³-hybridized carbons (Fsp3) is 0.750. The minimum absolute atomic E-state index is 0.0646. The molecule has 0 amide bonds. The lowest BCUT2D eigenvalue weighted by molar-refractivity contribution is -0.119. The van der Waals surface area contributed by atoms with Gasteiger partial charge in [-0.3, -0.25) is 4.79 Å². The summed E-state index contributed by atoms with van der Waals surface area (Å²) in [6.07, 6.45) is 8.97. The molecule has 2 aliphatic rings. The Labute approximate surface area is 96.8 Å². The topological polar surface area (TPSA) is 51.2 Å². The molecule has 2 aliphatic carbocycles. The Morgan fingerprint density at radius 3 is 2.56 bits per heavy atom. The minimum Gasteiger partial charge on any atom is -0.298 e. The van der Waals surface area contributed by atoms with Gasteiger partial charge in [0.25, 0.3) is 0 Å². The van der Waals surface area contributed by atoms with E-state index in [1.807, 2.05) is 6.08 Å². The summed E-state index contributed by atoms with van der Waals surface area (Å²) in [6, 6.07) is 0. The Balaban J connectivity index is 2.20. The number of rotatable bonds is 2. The first-order valence-corrected chi connectivity index (χ1v) is 7.65. The van der Waals surface area contributed by atoms with Crippen molar-refractivity contribution in [3.05, 3.63) is 12.2 Å². The van der Waals surface area contributed by atoms with Gasteiger partial charge in [-0.1, -0.05) is 18.6 Å². The molecule has 0 aromatic carbocycles. The second-order valence-corrected chi connectivity index (χ2v) is 7.04. The summed E-state index contributed by atoms with van der Waals surface area (Å²) in [6.45, 7) is 0. The summed E-state index contributed by atoms with van der Waals surface area (Å²) in [4.78, 5) is 11.7. The number of carbonyl (C=O) groups excluding carboxylic acids is 1. The van der Waals surface area contributed by atoms with Gasteiger partial charge in [0.15, 0.2) is 15.6 Å². The van der Waals surface area contributed by atoms with E-state index in [2.05, 4.69) is 0 Å². The molecule has 0 bridgehead atoms. The number of carbonyl (C=O) groups is 1. The Kier molecular flexibility index (Phi) is 3.47. The number of allylic oxidation sites excluding steroid dienone is 1. The summed E-state index contributed by atoms with van der Waals surface area (Å²) >= 11 is 0. The third kappa shape index (κ3) is 2.21. The van der Waals surface area contributed by atoms with Gasteiger partial charge in [0.1, 0.15) is 5.25 Å². The van der Waals surface area contributed by atoms with Gasteiger partial charge >= 0.3 is 0 Å². The number of ketones is 1. The van der Waals surface area contributed by atoms with Crippen molar-refractivity contribution in [2.24, 2.45) is 0 Å². The van der Waals surface area contributed by atoms with Crippen molar-refractivity contribution < 1.29 is 13.2 Å². The number of sulfone groups is 1. The largest absolute Gasteiger partial charge is 0.298 e. The summed E-state index contributed by atoms with van der Waals surface area (Å²) in [5, 5.41) is -1.12. The minimum atomic E-state index is -3.27. The zero-order chi connectivity index (χ0) is 11.6.